The summed E-state index contributed by atoms with van der Waals surface area (Å²) in [5.41, 5.74) is 5.91. The van der Waals surface area contributed by atoms with Gasteiger partial charge in [-0.05, 0) is 23.1 Å². The van der Waals surface area contributed by atoms with Gasteiger partial charge in [-0.2, -0.15) is 0 Å². The van der Waals surface area contributed by atoms with E-state index in [2.05, 4.69) is 5.32 Å². The molecule has 1 atom stereocenters. The quantitative estimate of drug-likeness (QED) is 0.868. The van der Waals surface area contributed by atoms with Crippen LogP contribution in [0.15, 0.2) is 18.2 Å². The lowest BCUT2D eigenvalue weighted by molar-refractivity contribution is -0.124. The Hall–Kier alpha value is -1.49. The van der Waals surface area contributed by atoms with E-state index >= 15 is 0 Å². The summed E-state index contributed by atoms with van der Waals surface area (Å²) in [6.45, 7) is 5.69. The van der Waals surface area contributed by atoms with E-state index in [0.29, 0.717) is 5.56 Å². The summed E-state index contributed by atoms with van der Waals surface area (Å²) in [5, 5.41) is 2.60. The highest BCUT2D eigenvalue weighted by molar-refractivity contribution is 5.82. The molecule has 0 aliphatic heterocycles. The van der Waals surface area contributed by atoms with Crippen LogP contribution in [0.1, 0.15) is 26.3 Å². The molecule has 0 aromatic heterocycles. The van der Waals surface area contributed by atoms with Gasteiger partial charge in [0, 0.05) is 6.54 Å². The van der Waals surface area contributed by atoms with Crippen LogP contribution in [0, 0.1) is 17.0 Å². The molecule has 3 N–H and O–H groups in total. The lowest BCUT2D eigenvalue weighted by atomic mass is 9.87. The highest BCUT2D eigenvalue weighted by atomic mass is 19.2. The van der Waals surface area contributed by atoms with E-state index in [-0.39, 0.29) is 17.9 Å². The Morgan fingerprint density at radius 2 is 1.94 bits per heavy atom. The fraction of sp³-hybridized carbons (Fsp3) is 0.462. The van der Waals surface area contributed by atoms with Crippen LogP contribution in [0.25, 0.3) is 0 Å². The number of nitrogens with two attached hydrogens (primary N) is 1. The SMILES string of the molecule is CC(C)(C)[C@H](N)C(=O)NCc1ccc(F)c(F)c1. The van der Waals surface area contributed by atoms with Gasteiger partial charge in [-0.25, -0.2) is 8.78 Å². The Bertz CT molecular complexity index is 441. The molecule has 0 bridgehead atoms. The predicted octanol–water partition coefficient (Wildman–Crippen LogP) is 1.95. The molecule has 1 rings (SSSR count). The van der Waals surface area contributed by atoms with Crippen molar-refractivity contribution in [2.45, 2.75) is 33.4 Å². The molecule has 0 aliphatic rings. The predicted molar refractivity (Wildman–Crippen MR) is 65.6 cm³/mol. The van der Waals surface area contributed by atoms with Crippen molar-refractivity contribution in [3.63, 3.8) is 0 Å². The first kappa shape index (κ1) is 14.6. The Labute approximate surface area is 105 Å². The summed E-state index contributed by atoms with van der Waals surface area (Å²) in [7, 11) is 0. The lowest BCUT2D eigenvalue weighted by Crippen LogP contribution is -2.48. The number of benzene rings is 1. The summed E-state index contributed by atoms with van der Waals surface area (Å²) in [6, 6.07) is 2.85. The fourth-order valence-corrected chi connectivity index (χ4v) is 1.34. The standard InChI is InChI=1S/C13H18F2N2O/c1-13(2,3)11(16)12(18)17-7-8-4-5-9(14)10(15)6-8/h4-6,11H,7,16H2,1-3H3,(H,17,18)/t11-/m1/s1. The van der Waals surface area contributed by atoms with Gasteiger partial charge in [-0.15, -0.1) is 0 Å². The first-order valence-corrected chi connectivity index (χ1v) is 5.69. The smallest absolute Gasteiger partial charge is 0.237 e. The highest BCUT2D eigenvalue weighted by Gasteiger charge is 2.27. The van der Waals surface area contributed by atoms with E-state index in [1.54, 1.807) is 0 Å². The summed E-state index contributed by atoms with van der Waals surface area (Å²) in [5.74, 6) is -2.15. The maximum atomic E-state index is 12.9. The van der Waals surface area contributed by atoms with Gasteiger partial charge < -0.3 is 11.1 Å². The summed E-state index contributed by atoms with van der Waals surface area (Å²) < 4.78 is 25.6. The van der Waals surface area contributed by atoms with Crippen LogP contribution in [-0.4, -0.2) is 11.9 Å². The van der Waals surface area contributed by atoms with E-state index < -0.39 is 17.7 Å². The molecule has 1 aromatic rings. The van der Waals surface area contributed by atoms with Gasteiger partial charge in [0.1, 0.15) is 0 Å². The molecule has 0 heterocycles. The van der Waals surface area contributed by atoms with Crippen molar-refractivity contribution in [1.29, 1.82) is 0 Å². The molecule has 100 valence electrons. The van der Waals surface area contributed by atoms with Crippen molar-refractivity contribution in [2.75, 3.05) is 0 Å². The van der Waals surface area contributed by atoms with Gasteiger partial charge in [0.2, 0.25) is 5.91 Å². The van der Waals surface area contributed by atoms with Gasteiger partial charge in [0.25, 0.3) is 0 Å². The third-order valence-corrected chi connectivity index (χ3v) is 2.67. The fourth-order valence-electron chi connectivity index (χ4n) is 1.34. The van der Waals surface area contributed by atoms with Crippen LogP contribution in [0.2, 0.25) is 0 Å². The normalized spacial score (nSPS) is 13.2. The zero-order valence-electron chi connectivity index (χ0n) is 10.8. The Morgan fingerprint density at radius 1 is 1.33 bits per heavy atom. The van der Waals surface area contributed by atoms with Crippen molar-refractivity contribution in [3.05, 3.63) is 35.4 Å². The largest absolute Gasteiger partial charge is 0.351 e. The molecule has 0 saturated heterocycles. The molecule has 3 nitrogen and oxygen atoms in total. The second-order valence-electron chi connectivity index (χ2n) is 5.31. The van der Waals surface area contributed by atoms with Crippen molar-refractivity contribution >= 4 is 5.91 Å². The van der Waals surface area contributed by atoms with E-state index in [0.717, 1.165) is 12.1 Å². The number of hydrogen-bond donors (Lipinski definition) is 2. The number of nitrogens with one attached hydrogen (secondary N) is 1. The number of halogens is 2. The number of hydrogen-bond acceptors (Lipinski definition) is 2. The molecular weight excluding hydrogens is 238 g/mol. The van der Waals surface area contributed by atoms with Crippen LogP contribution in [-0.2, 0) is 11.3 Å². The van der Waals surface area contributed by atoms with Gasteiger partial charge in [-0.3, -0.25) is 4.79 Å². The minimum absolute atomic E-state index is 0.125. The van der Waals surface area contributed by atoms with Crippen molar-refractivity contribution in [1.82, 2.24) is 5.32 Å². The highest BCUT2D eigenvalue weighted by Crippen LogP contribution is 2.17. The second-order valence-corrected chi connectivity index (χ2v) is 5.31. The van der Waals surface area contributed by atoms with Crippen molar-refractivity contribution < 1.29 is 13.6 Å². The Balaban J connectivity index is 2.60. The molecule has 1 amide bonds. The van der Waals surface area contributed by atoms with E-state index in [4.69, 9.17) is 5.73 Å². The number of carbonyl (C=O) groups excluding carboxylic acids is 1. The minimum Gasteiger partial charge on any atom is -0.351 e. The molecule has 1 aromatic carbocycles. The van der Waals surface area contributed by atoms with Crippen molar-refractivity contribution in [3.8, 4) is 0 Å². The number of amides is 1. The molecule has 0 aliphatic carbocycles. The monoisotopic (exact) mass is 256 g/mol. The molecule has 5 heteroatoms. The minimum atomic E-state index is -0.929. The van der Waals surface area contributed by atoms with Gasteiger partial charge >= 0.3 is 0 Å². The third kappa shape index (κ3) is 3.77. The van der Waals surface area contributed by atoms with Crippen molar-refractivity contribution in [2.24, 2.45) is 11.1 Å². The average molecular weight is 256 g/mol. The zero-order valence-corrected chi connectivity index (χ0v) is 10.8. The van der Waals surface area contributed by atoms with E-state index in [1.807, 2.05) is 20.8 Å². The zero-order chi connectivity index (χ0) is 13.9. The van der Waals surface area contributed by atoms with Gasteiger partial charge in [0.15, 0.2) is 11.6 Å². The Kier molecular flexibility index (Phi) is 4.40. The molecule has 0 radical (unpaired) electrons. The maximum absolute atomic E-state index is 12.9. The van der Waals surface area contributed by atoms with E-state index in [9.17, 15) is 13.6 Å². The average Bonchev–Trinajstić information content (AvgIpc) is 2.28. The summed E-state index contributed by atoms with van der Waals surface area (Å²) in [6.07, 6.45) is 0. The summed E-state index contributed by atoms with van der Waals surface area (Å²) >= 11 is 0. The molecule has 0 fully saturated rings. The molecule has 0 spiro atoms. The lowest BCUT2D eigenvalue weighted by Gasteiger charge is -2.25. The van der Waals surface area contributed by atoms with Gasteiger partial charge in [0.05, 0.1) is 6.04 Å². The number of carbonyl (C=O) groups is 1. The van der Waals surface area contributed by atoms with Crippen LogP contribution in [0.3, 0.4) is 0 Å². The summed E-state index contributed by atoms with van der Waals surface area (Å²) in [4.78, 5) is 11.7. The Morgan fingerprint density at radius 3 is 2.44 bits per heavy atom. The molecule has 0 unspecified atom stereocenters. The third-order valence-electron chi connectivity index (χ3n) is 2.67. The van der Waals surface area contributed by atoms with Crippen LogP contribution in [0.4, 0.5) is 8.78 Å². The maximum Gasteiger partial charge on any atom is 0.237 e. The van der Waals surface area contributed by atoms with Crippen LogP contribution >= 0.6 is 0 Å². The first-order chi connectivity index (χ1) is 8.21. The second kappa shape index (κ2) is 5.44. The van der Waals surface area contributed by atoms with Crippen LogP contribution < -0.4 is 11.1 Å². The molecule has 0 saturated carbocycles. The topological polar surface area (TPSA) is 55.1 Å². The van der Waals surface area contributed by atoms with Crippen LogP contribution in [0.5, 0.6) is 0 Å². The molecule has 18 heavy (non-hydrogen) atoms. The number of rotatable bonds is 3. The first-order valence-electron chi connectivity index (χ1n) is 5.69. The van der Waals surface area contributed by atoms with E-state index in [1.165, 1.54) is 6.07 Å². The van der Waals surface area contributed by atoms with Gasteiger partial charge in [-0.1, -0.05) is 26.8 Å². The molecular formula is C13H18F2N2O.